The molecule has 0 fully saturated rings. The van der Waals surface area contributed by atoms with Crippen molar-refractivity contribution < 1.29 is 4.79 Å². The van der Waals surface area contributed by atoms with Crippen molar-refractivity contribution >= 4 is 34.8 Å². The number of ketones is 1. The molecule has 18 heavy (non-hydrogen) atoms. The van der Waals surface area contributed by atoms with E-state index in [1.165, 1.54) is 0 Å². The number of carbonyl (C=O) groups excluding carboxylic acids is 1. The highest BCUT2D eigenvalue weighted by molar-refractivity contribution is 7.98. The second-order valence-electron chi connectivity index (χ2n) is 3.80. The van der Waals surface area contributed by atoms with E-state index in [2.05, 4.69) is 0 Å². The summed E-state index contributed by atoms with van der Waals surface area (Å²) in [5.74, 6) is -0.0901. The van der Waals surface area contributed by atoms with Crippen LogP contribution in [0.3, 0.4) is 0 Å². The standard InChI is InChI=1S/C14H12ClNOS/c1-18-11-5-2-9(3-6-11)14(17)12-7-4-10(16)8-13(12)15/h2-8H,16H2,1H3. The molecular weight excluding hydrogens is 266 g/mol. The van der Waals surface area contributed by atoms with Crippen molar-refractivity contribution in [2.24, 2.45) is 0 Å². The fraction of sp³-hybridized carbons (Fsp3) is 0.0714. The molecule has 0 radical (unpaired) electrons. The minimum absolute atomic E-state index is 0.0901. The number of benzene rings is 2. The summed E-state index contributed by atoms with van der Waals surface area (Å²) >= 11 is 7.66. The van der Waals surface area contributed by atoms with Crippen LogP contribution in [0.2, 0.25) is 5.02 Å². The van der Waals surface area contributed by atoms with Gasteiger partial charge in [-0.3, -0.25) is 4.79 Å². The van der Waals surface area contributed by atoms with Crippen molar-refractivity contribution in [1.29, 1.82) is 0 Å². The molecule has 0 atom stereocenters. The van der Waals surface area contributed by atoms with Gasteiger partial charge in [-0.25, -0.2) is 0 Å². The Labute approximate surface area is 115 Å². The van der Waals surface area contributed by atoms with Gasteiger partial charge < -0.3 is 5.73 Å². The fourth-order valence-electron chi connectivity index (χ4n) is 1.61. The molecule has 0 amide bonds. The number of carbonyl (C=O) groups is 1. The van der Waals surface area contributed by atoms with Gasteiger partial charge in [0.1, 0.15) is 0 Å². The van der Waals surface area contributed by atoms with E-state index in [1.54, 1.807) is 42.1 Å². The topological polar surface area (TPSA) is 43.1 Å². The Morgan fingerprint density at radius 2 is 1.83 bits per heavy atom. The smallest absolute Gasteiger partial charge is 0.194 e. The molecule has 0 heterocycles. The number of anilines is 1. The van der Waals surface area contributed by atoms with E-state index in [4.69, 9.17) is 17.3 Å². The van der Waals surface area contributed by atoms with Crippen LogP contribution < -0.4 is 5.73 Å². The Morgan fingerprint density at radius 1 is 1.17 bits per heavy atom. The molecule has 2 aromatic carbocycles. The van der Waals surface area contributed by atoms with E-state index < -0.39 is 0 Å². The molecule has 0 aliphatic carbocycles. The van der Waals surface area contributed by atoms with Gasteiger partial charge in [-0.05, 0) is 48.7 Å². The normalized spacial score (nSPS) is 10.3. The minimum atomic E-state index is -0.0901. The van der Waals surface area contributed by atoms with Crippen LogP contribution in [0.1, 0.15) is 15.9 Å². The van der Waals surface area contributed by atoms with E-state index in [-0.39, 0.29) is 5.78 Å². The largest absolute Gasteiger partial charge is 0.399 e. The van der Waals surface area contributed by atoms with Crippen LogP contribution in [0.4, 0.5) is 5.69 Å². The van der Waals surface area contributed by atoms with Crippen LogP contribution in [0.15, 0.2) is 47.4 Å². The van der Waals surface area contributed by atoms with Crippen molar-refractivity contribution in [2.75, 3.05) is 12.0 Å². The quantitative estimate of drug-likeness (QED) is 0.526. The lowest BCUT2D eigenvalue weighted by atomic mass is 10.0. The summed E-state index contributed by atoms with van der Waals surface area (Å²) in [6, 6.07) is 12.4. The van der Waals surface area contributed by atoms with Gasteiger partial charge in [0.25, 0.3) is 0 Å². The van der Waals surface area contributed by atoms with Crippen LogP contribution in [0.5, 0.6) is 0 Å². The zero-order chi connectivity index (χ0) is 13.1. The maximum Gasteiger partial charge on any atom is 0.194 e. The first-order valence-corrected chi connectivity index (χ1v) is 6.96. The number of hydrogen-bond acceptors (Lipinski definition) is 3. The zero-order valence-electron chi connectivity index (χ0n) is 9.81. The highest BCUT2D eigenvalue weighted by atomic mass is 35.5. The molecule has 2 rings (SSSR count). The van der Waals surface area contributed by atoms with Gasteiger partial charge in [-0.2, -0.15) is 0 Å². The Bertz CT molecular complexity index is 581. The van der Waals surface area contributed by atoms with Crippen LogP contribution in [0, 0.1) is 0 Å². The second kappa shape index (κ2) is 5.46. The van der Waals surface area contributed by atoms with Crippen molar-refractivity contribution in [2.45, 2.75) is 4.90 Å². The predicted octanol–water partition coefficient (Wildman–Crippen LogP) is 3.88. The van der Waals surface area contributed by atoms with Crippen molar-refractivity contribution in [3.05, 3.63) is 58.6 Å². The number of thioether (sulfide) groups is 1. The van der Waals surface area contributed by atoms with Crippen LogP contribution in [-0.4, -0.2) is 12.0 Å². The van der Waals surface area contributed by atoms with E-state index in [0.717, 1.165) is 4.90 Å². The number of rotatable bonds is 3. The van der Waals surface area contributed by atoms with Crippen molar-refractivity contribution in [3.8, 4) is 0 Å². The van der Waals surface area contributed by atoms with E-state index in [9.17, 15) is 4.79 Å². The molecule has 4 heteroatoms. The monoisotopic (exact) mass is 277 g/mol. The molecule has 0 saturated heterocycles. The van der Waals surface area contributed by atoms with Gasteiger partial charge in [-0.1, -0.05) is 11.6 Å². The lowest BCUT2D eigenvalue weighted by Crippen LogP contribution is -2.02. The Balaban J connectivity index is 2.35. The van der Waals surface area contributed by atoms with Crippen LogP contribution in [0.25, 0.3) is 0 Å². The van der Waals surface area contributed by atoms with Gasteiger partial charge in [0.05, 0.1) is 5.02 Å². The first kappa shape index (κ1) is 13.0. The molecule has 0 aliphatic heterocycles. The average Bonchev–Trinajstić information content (AvgIpc) is 2.38. The summed E-state index contributed by atoms with van der Waals surface area (Å²) in [6.07, 6.45) is 1.99. The third-order valence-corrected chi connectivity index (χ3v) is 3.65. The first-order chi connectivity index (χ1) is 8.61. The lowest BCUT2D eigenvalue weighted by molar-refractivity contribution is 0.103. The van der Waals surface area contributed by atoms with Crippen molar-refractivity contribution in [1.82, 2.24) is 0 Å². The first-order valence-electron chi connectivity index (χ1n) is 5.35. The summed E-state index contributed by atoms with van der Waals surface area (Å²) in [4.78, 5) is 13.4. The molecular formula is C14H12ClNOS. The summed E-state index contributed by atoms with van der Waals surface area (Å²) in [7, 11) is 0. The molecule has 2 aromatic rings. The molecule has 2 nitrogen and oxygen atoms in total. The molecule has 0 aromatic heterocycles. The number of hydrogen-bond donors (Lipinski definition) is 1. The van der Waals surface area contributed by atoms with E-state index in [0.29, 0.717) is 21.8 Å². The Hall–Kier alpha value is -1.45. The molecule has 0 unspecified atom stereocenters. The van der Waals surface area contributed by atoms with E-state index >= 15 is 0 Å². The van der Waals surface area contributed by atoms with Crippen LogP contribution >= 0.6 is 23.4 Å². The fourth-order valence-corrected chi connectivity index (χ4v) is 2.30. The zero-order valence-corrected chi connectivity index (χ0v) is 11.4. The van der Waals surface area contributed by atoms with Gasteiger partial charge in [0.15, 0.2) is 5.78 Å². The molecule has 92 valence electrons. The lowest BCUT2D eigenvalue weighted by Gasteiger charge is -2.05. The molecule has 0 bridgehead atoms. The maximum atomic E-state index is 12.2. The highest BCUT2D eigenvalue weighted by Gasteiger charge is 2.12. The summed E-state index contributed by atoms with van der Waals surface area (Å²) in [6.45, 7) is 0. The van der Waals surface area contributed by atoms with Crippen molar-refractivity contribution in [3.63, 3.8) is 0 Å². The summed E-state index contributed by atoms with van der Waals surface area (Å²) in [5.41, 5.74) is 7.26. The molecule has 0 aliphatic rings. The number of nitrogens with two attached hydrogens (primary N) is 1. The number of halogens is 1. The Kier molecular flexibility index (Phi) is 3.94. The summed E-state index contributed by atoms with van der Waals surface area (Å²) < 4.78 is 0. The average molecular weight is 278 g/mol. The molecule has 0 spiro atoms. The number of nitrogen functional groups attached to an aromatic ring is 1. The van der Waals surface area contributed by atoms with E-state index in [1.807, 2.05) is 18.4 Å². The molecule has 0 saturated carbocycles. The maximum absolute atomic E-state index is 12.2. The van der Waals surface area contributed by atoms with Gasteiger partial charge in [-0.15, -0.1) is 11.8 Å². The SMILES string of the molecule is CSc1ccc(C(=O)c2ccc(N)cc2Cl)cc1. The molecule has 2 N–H and O–H groups in total. The highest BCUT2D eigenvalue weighted by Crippen LogP contribution is 2.23. The summed E-state index contributed by atoms with van der Waals surface area (Å²) in [5, 5.41) is 0.383. The van der Waals surface area contributed by atoms with Gasteiger partial charge in [0, 0.05) is 21.7 Å². The third kappa shape index (κ3) is 2.68. The van der Waals surface area contributed by atoms with Crippen LogP contribution in [-0.2, 0) is 0 Å². The second-order valence-corrected chi connectivity index (χ2v) is 5.08. The Morgan fingerprint density at radius 3 is 2.39 bits per heavy atom. The third-order valence-electron chi connectivity index (χ3n) is 2.59. The predicted molar refractivity (Wildman–Crippen MR) is 77.5 cm³/mol. The van der Waals surface area contributed by atoms with Gasteiger partial charge in [0.2, 0.25) is 0 Å². The van der Waals surface area contributed by atoms with Gasteiger partial charge >= 0.3 is 0 Å². The minimum Gasteiger partial charge on any atom is -0.399 e.